The van der Waals surface area contributed by atoms with Gasteiger partial charge >= 0.3 is 0 Å². The summed E-state index contributed by atoms with van der Waals surface area (Å²) in [6, 6.07) is 0.652. The van der Waals surface area contributed by atoms with Crippen LogP contribution >= 0.6 is 17.0 Å². The van der Waals surface area contributed by atoms with Crippen LogP contribution in [0.5, 0.6) is 0 Å². The summed E-state index contributed by atoms with van der Waals surface area (Å²) in [5, 5.41) is 0. The Kier molecular flexibility index (Phi) is 8.34. The summed E-state index contributed by atoms with van der Waals surface area (Å²) in [5.74, 6) is 0.334. The molecule has 1 fully saturated rings. The average Bonchev–Trinajstić information content (AvgIpc) is 2.20. The predicted octanol–water partition coefficient (Wildman–Crippen LogP) is 3.20. The van der Waals surface area contributed by atoms with Crippen molar-refractivity contribution in [1.82, 2.24) is 4.90 Å². The second kappa shape index (κ2) is 8.28. The monoisotopic (exact) mass is 277 g/mol. The second-order valence-corrected chi connectivity index (χ2v) is 4.40. The normalized spacial score (nSPS) is 19.3. The fourth-order valence-corrected chi connectivity index (χ4v) is 2.30. The molecule has 1 rings (SSSR count). The van der Waals surface area contributed by atoms with Gasteiger partial charge in [0.2, 0.25) is 0 Å². The molecule has 0 saturated carbocycles. The first-order valence-corrected chi connectivity index (χ1v) is 5.97. The number of nitrogens with zero attached hydrogens (tertiary/aromatic N) is 1. The van der Waals surface area contributed by atoms with Gasteiger partial charge in [-0.25, -0.2) is 0 Å². The maximum Gasteiger partial charge on any atom is 0.129 e. The van der Waals surface area contributed by atoms with Gasteiger partial charge in [0.15, 0.2) is 0 Å². The number of rotatable bonds is 5. The Morgan fingerprint density at radius 2 is 1.87 bits per heavy atom. The van der Waals surface area contributed by atoms with Crippen LogP contribution in [0.2, 0.25) is 0 Å². The molecule has 1 atom stereocenters. The van der Waals surface area contributed by atoms with E-state index in [0.717, 1.165) is 12.8 Å². The number of hydrogen-bond donors (Lipinski definition) is 0. The van der Waals surface area contributed by atoms with Gasteiger partial charge in [0, 0.05) is 12.5 Å². The molecule has 15 heavy (non-hydrogen) atoms. The number of Topliss-reactive ketones (excluding diaryl/α,β-unsaturated/α-hetero) is 1. The van der Waals surface area contributed by atoms with Gasteiger partial charge in [-0.2, -0.15) is 0 Å². The molecule has 1 aliphatic heterocycles. The highest BCUT2D eigenvalue weighted by atomic mass is 79.9. The molecule has 0 aromatic rings. The summed E-state index contributed by atoms with van der Waals surface area (Å²) < 4.78 is 0. The van der Waals surface area contributed by atoms with Gasteiger partial charge in [-0.05, 0) is 45.7 Å². The van der Waals surface area contributed by atoms with Crippen molar-refractivity contribution in [3.63, 3.8) is 0 Å². The van der Waals surface area contributed by atoms with E-state index in [1.54, 1.807) is 6.92 Å². The number of likely N-dealkylation sites (tertiary alicyclic amines) is 1. The zero-order valence-corrected chi connectivity index (χ0v) is 11.7. The van der Waals surface area contributed by atoms with E-state index in [0.29, 0.717) is 11.8 Å². The Hall–Kier alpha value is 0.110. The molecule has 2 nitrogen and oxygen atoms in total. The highest BCUT2D eigenvalue weighted by Crippen LogP contribution is 2.17. The van der Waals surface area contributed by atoms with Crippen molar-refractivity contribution in [2.24, 2.45) is 0 Å². The summed E-state index contributed by atoms with van der Waals surface area (Å²) >= 11 is 0. The van der Waals surface area contributed by atoms with Crippen LogP contribution in [0.4, 0.5) is 0 Å². The summed E-state index contributed by atoms with van der Waals surface area (Å²) in [7, 11) is 0. The first-order chi connectivity index (χ1) is 6.74. The number of carbonyl (C=O) groups excluding carboxylic acids is 1. The van der Waals surface area contributed by atoms with E-state index < -0.39 is 0 Å². The van der Waals surface area contributed by atoms with E-state index in [1.807, 2.05) is 0 Å². The lowest BCUT2D eigenvalue weighted by Gasteiger charge is -2.34. The van der Waals surface area contributed by atoms with Crippen LogP contribution < -0.4 is 0 Å². The first kappa shape index (κ1) is 15.1. The molecule has 0 aromatic heterocycles. The van der Waals surface area contributed by atoms with Gasteiger partial charge in [0.25, 0.3) is 0 Å². The molecule has 0 amide bonds. The van der Waals surface area contributed by atoms with E-state index >= 15 is 0 Å². The van der Waals surface area contributed by atoms with Crippen LogP contribution in [0.25, 0.3) is 0 Å². The molecule has 0 aromatic carbocycles. The van der Waals surface area contributed by atoms with E-state index in [9.17, 15) is 4.79 Å². The third kappa shape index (κ3) is 5.67. The number of halogens is 1. The molecule has 0 radical (unpaired) electrons. The first-order valence-electron chi connectivity index (χ1n) is 5.97. The number of hydrogen-bond acceptors (Lipinski definition) is 2. The number of ketones is 1. The van der Waals surface area contributed by atoms with Crippen molar-refractivity contribution in [3.8, 4) is 0 Å². The van der Waals surface area contributed by atoms with Crippen LogP contribution in [0.3, 0.4) is 0 Å². The molecule has 0 bridgehead atoms. The molecule has 1 aliphatic rings. The highest BCUT2D eigenvalue weighted by Gasteiger charge is 2.18. The zero-order chi connectivity index (χ0) is 10.4. The Morgan fingerprint density at radius 1 is 1.27 bits per heavy atom. The molecular weight excluding hydrogens is 254 g/mol. The molecule has 0 aliphatic carbocycles. The predicted molar refractivity (Wildman–Crippen MR) is 69.7 cm³/mol. The minimum absolute atomic E-state index is 0. The van der Waals surface area contributed by atoms with Gasteiger partial charge in [-0.15, -0.1) is 17.0 Å². The lowest BCUT2D eigenvalue weighted by atomic mass is 10.0. The van der Waals surface area contributed by atoms with Gasteiger partial charge < -0.3 is 9.69 Å². The molecular formula is C12H24BrNO. The highest BCUT2D eigenvalue weighted by molar-refractivity contribution is 8.93. The maximum absolute atomic E-state index is 10.9. The summed E-state index contributed by atoms with van der Waals surface area (Å²) in [6.07, 6.45) is 7.08. The van der Waals surface area contributed by atoms with Crippen LogP contribution in [-0.4, -0.2) is 29.8 Å². The smallest absolute Gasteiger partial charge is 0.129 e. The van der Waals surface area contributed by atoms with E-state index in [1.165, 1.54) is 38.8 Å². The molecule has 1 heterocycles. The van der Waals surface area contributed by atoms with Crippen LogP contribution in [0.15, 0.2) is 0 Å². The summed E-state index contributed by atoms with van der Waals surface area (Å²) in [5.41, 5.74) is 0. The van der Waals surface area contributed by atoms with Gasteiger partial charge in [-0.3, -0.25) is 0 Å². The lowest BCUT2D eigenvalue weighted by Crippen LogP contribution is -2.39. The molecule has 3 heteroatoms. The van der Waals surface area contributed by atoms with Gasteiger partial charge in [-0.1, -0.05) is 13.3 Å². The SMILES string of the molecule is Br.CCC(CCC(C)=O)N1CCCCC1. The zero-order valence-electron chi connectivity index (χ0n) is 10.00. The Labute approximate surface area is 104 Å². The van der Waals surface area contributed by atoms with Crippen molar-refractivity contribution in [1.29, 1.82) is 0 Å². The van der Waals surface area contributed by atoms with Gasteiger partial charge in [0.1, 0.15) is 5.78 Å². The minimum Gasteiger partial charge on any atom is -0.300 e. The number of carbonyl (C=O) groups is 1. The maximum atomic E-state index is 10.9. The van der Waals surface area contributed by atoms with Crippen molar-refractivity contribution in [3.05, 3.63) is 0 Å². The van der Waals surface area contributed by atoms with Crippen LogP contribution in [-0.2, 0) is 4.79 Å². The average molecular weight is 278 g/mol. The second-order valence-electron chi connectivity index (χ2n) is 4.40. The van der Waals surface area contributed by atoms with Crippen molar-refractivity contribution in [2.75, 3.05) is 13.1 Å². The Balaban J connectivity index is 0.00000196. The Morgan fingerprint density at radius 3 is 2.33 bits per heavy atom. The number of piperidine rings is 1. The van der Waals surface area contributed by atoms with Crippen molar-refractivity contribution >= 4 is 22.8 Å². The van der Waals surface area contributed by atoms with Crippen molar-refractivity contribution < 1.29 is 4.79 Å². The third-order valence-corrected chi connectivity index (χ3v) is 3.21. The summed E-state index contributed by atoms with van der Waals surface area (Å²) in [4.78, 5) is 13.5. The van der Waals surface area contributed by atoms with Crippen LogP contribution in [0, 0.1) is 0 Å². The molecule has 0 N–H and O–H groups in total. The van der Waals surface area contributed by atoms with Crippen molar-refractivity contribution in [2.45, 2.75) is 58.4 Å². The summed E-state index contributed by atoms with van der Waals surface area (Å²) in [6.45, 7) is 6.43. The molecule has 1 saturated heterocycles. The third-order valence-electron chi connectivity index (χ3n) is 3.21. The van der Waals surface area contributed by atoms with E-state index in [-0.39, 0.29) is 17.0 Å². The largest absolute Gasteiger partial charge is 0.300 e. The van der Waals surface area contributed by atoms with Crippen LogP contribution in [0.1, 0.15) is 52.4 Å². The molecule has 1 unspecified atom stereocenters. The fourth-order valence-electron chi connectivity index (χ4n) is 2.30. The Bertz CT molecular complexity index is 178. The fraction of sp³-hybridized carbons (Fsp3) is 0.917. The van der Waals surface area contributed by atoms with E-state index in [4.69, 9.17) is 0 Å². The quantitative estimate of drug-likeness (QED) is 0.769. The standard InChI is InChI=1S/C12H23NO.BrH/c1-3-12(8-7-11(2)14)13-9-5-4-6-10-13;/h12H,3-10H2,1-2H3;1H. The van der Waals surface area contributed by atoms with Gasteiger partial charge in [0.05, 0.1) is 0 Å². The lowest BCUT2D eigenvalue weighted by molar-refractivity contribution is -0.117. The molecule has 90 valence electrons. The van der Waals surface area contributed by atoms with E-state index in [2.05, 4.69) is 11.8 Å². The topological polar surface area (TPSA) is 20.3 Å². The molecule has 0 spiro atoms. The minimum atomic E-state index is 0.